The highest BCUT2D eigenvalue weighted by Gasteiger charge is 2.52. The van der Waals surface area contributed by atoms with Crippen molar-refractivity contribution in [3.8, 4) is 66.8 Å². The highest BCUT2D eigenvalue weighted by molar-refractivity contribution is 6.05. The lowest BCUT2D eigenvalue weighted by molar-refractivity contribution is 0.660. The second-order valence-electron chi connectivity index (χ2n) is 20.3. The molecule has 0 bridgehead atoms. The third kappa shape index (κ3) is 5.01. The largest absolute Gasteiger partial charge is 0.309 e. The summed E-state index contributed by atoms with van der Waals surface area (Å²) in [6, 6.07) is 85.0. The number of hydrogen-bond acceptors (Lipinski definition) is 1. The first-order chi connectivity index (χ1) is 33.3. The predicted molar refractivity (Wildman–Crippen MR) is 283 cm³/mol. The molecule has 1 spiro atoms. The molecule has 0 N–H and O–H groups in total. The van der Waals surface area contributed by atoms with Gasteiger partial charge >= 0.3 is 0 Å². The van der Waals surface area contributed by atoms with Gasteiger partial charge in [-0.3, -0.25) is 0 Å². The zero-order valence-electron chi connectivity index (χ0n) is 38.8. The Kier molecular flexibility index (Phi) is 8.08. The zero-order chi connectivity index (χ0) is 45.5. The maximum Gasteiger partial charge on any atom is 0.0726 e. The molecule has 10 aromatic rings. The van der Waals surface area contributed by atoms with Crippen LogP contribution in [0.2, 0.25) is 0 Å². The normalized spacial score (nSPS) is 15.1. The van der Waals surface area contributed by atoms with Crippen molar-refractivity contribution >= 4 is 17.1 Å². The molecule has 0 amide bonds. The Morgan fingerprint density at radius 3 is 1.28 bits per heavy atom. The highest BCUT2D eigenvalue weighted by atomic mass is 15.2. The molecule has 322 valence electrons. The molecule has 0 heterocycles. The van der Waals surface area contributed by atoms with E-state index in [9.17, 15) is 0 Å². The molecular weight excluding hydrogens is 819 g/mol. The van der Waals surface area contributed by atoms with Crippen LogP contribution in [0.1, 0.15) is 72.2 Å². The standard InChI is InChI=1S/C67H49N/c1-65(2)53-30-13-8-26-50(53)63-49(28-19-34-57(63)65)48-25-11-18-37-61(48)68(60-36-17-10-21-43(60)42-39-40-47-44-22-5-12-29-52(44)66(3,4)59(47)41-42)62-38-20-35-58-64(62)51-27-9-16-33-56(51)67(58)54-31-14-6-23-45(54)46-24-7-15-32-55(46)67/h5-41H,1-4H3. The molecule has 0 radical (unpaired) electrons. The van der Waals surface area contributed by atoms with Gasteiger partial charge in [0.2, 0.25) is 0 Å². The van der Waals surface area contributed by atoms with Gasteiger partial charge in [0.15, 0.2) is 0 Å². The van der Waals surface area contributed by atoms with E-state index in [4.69, 9.17) is 0 Å². The molecular formula is C67H49N. The van der Waals surface area contributed by atoms with Crippen molar-refractivity contribution in [2.75, 3.05) is 4.90 Å². The topological polar surface area (TPSA) is 3.24 Å². The summed E-state index contributed by atoms with van der Waals surface area (Å²) in [5, 5.41) is 0. The molecule has 14 rings (SSSR count). The lowest BCUT2D eigenvalue weighted by atomic mass is 9.70. The maximum atomic E-state index is 2.62. The molecule has 68 heavy (non-hydrogen) atoms. The summed E-state index contributed by atoms with van der Waals surface area (Å²) in [4.78, 5) is 2.62. The summed E-state index contributed by atoms with van der Waals surface area (Å²) >= 11 is 0. The molecule has 0 aliphatic heterocycles. The second kappa shape index (κ2) is 14.0. The number of para-hydroxylation sites is 2. The Balaban J connectivity index is 1.07. The summed E-state index contributed by atoms with van der Waals surface area (Å²) in [6.45, 7) is 9.53. The Morgan fingerprint density at radius 2 is 0.632 bits per heavy atom. The smallest absolute Gasteiger partial charge is 0.0726 e. The van der Waals surface area contributed by atoms with Gasteiger partial charge in [-0.05, 0) is 119 Å². The molecule has 1 nitrogen and oxygen atoms in total. The van der Waals surface area contributed by atoms with E-state index in [0.29, 0.717) is 0 Å². The van der Waals surface area contributed by atoms with Crippen molar-refractivity contribution < 1.29 is 0 Å². The van der Waals surface area contributed by atoms with E-state index < -0.39 is 5.41 Å². The molecule has 0 unspecified atom stereocenters. The SMILES string of the molecule is CC1(C)c2ccccc2-c2ccc(-c3ccccc3N(c3ccccc3-c3cccc4c3-c3ccccc3C4(C)C)c3cccc4c3-c3ccccc3C43c4ccccc4-c4ccccc43)cc21. The Bertz CT molecular complexity index is 3720. The quantitative estimate of drug-likeness (QED) is 0.167. The van der Waals surface area contributed by atoms with Crippen LogP contribution in [0.15, 0.2) is 224 Å². The first kappa shape index (κ1) is 39.2. The monoisotopic (exact) mass is 867 g/mol. The average Bonchev–Trinajstić information content (AvgIpc) is 4.02. The number of benzene rings is 10. The molecule has 0 fully saturated rings. The lowest BCUT2D eigenvalue weighted by Crippen LogP contribution is -2.26. The van der Waals surface area contributed by atoms with E-state index in [1.54, 1.807) is 0 Å². The number of fused-ring (bicyclic) bond motifs is 16. The highest BCUT2D eigenvalue weighted by Crippen LogP contribution is 2.65. The summed E-state index contributed by atoms with van der Waals surface area (Å²) in [6.07, 6.45) is 0. The molecule has 1 heteroatoms. The maximum absolute atomic E-state index is 2.62. The molecule has 0 aromatic heterocycles. The third-order valence-electron chi connectivity index (χ3n) is 16.3. The van der Waals surface area contributed by atoms with E-state index in [0.717, 1.165) is 17.1 Å². The van der Waals surface area contributed by atoms with Gasteiger partial charge in [-0.25, -0.2) is 0 Å². The fourth-order valence-corrected chi connectivity index (χ4v) is 13.4. The fraction of sp³-hybridized carbons (Fsp3) is 0.104. The van der Waals surface area contributed by atoms with Crippen LogP contribution in [0.4, 0.5) is 17.1 Å². The molecule has 0 saturated carbocycles. The van der Waals surface area contributed by atoms with E-state index in [-0.39, 0.29) is 10.8 Å². The predicted octanol–water partition coefficient (Wildman–Crippen LogP) is 17.4. The van der Waals surface area contributed by atoms with Crippen LogP contribution in [0.5, 0.6) is 0 Å². The first-order valence-electron chi connectivity index (χ1n) is 24.2. The van der Waals surface area contributed by atoms with E-state index in [1.165, 1.54) is 111 Å². The minimum absolute atomic E-state index is 0.129. The van der Waals surface area contributed by atoms with Crippen molar-refractivity contribution in [3.63, 3.8) is 0 Å². The van der Waals surface area contributed by atoms with E-state index >= 15 is 0 Å². The van der Waals surface area contributed by atoms with Crippen LogP contribution in [0.25, 0.3) is 66.8 Å². The van der Waals surface area contributed by atoms with Crippen molar-refractivity contribution in [1.29, 1.82) is 0 Å². The van der Waals surface area contributed by atoms with Crippen molar-refractivity contribution in [1.82, 2.24) is 0 Å². The first-order valence-corrected chi connectivity index (χ1v) is 24.2. The van der Waals surface area contributed by atoms with Crippen LogP contribution in [0, 0.1) is 0 Å². The molecule has 0 saturated heterocycles. The van der Waals surface area contributed by atoms with E-state index in [1.807, 2.05) is 0 Å². The Morgan fingerprint density at radius 1 is 0.250 bits per heavy atom. The third-order valence-corrected chi connectivity index (χ3v) is 16.3. The minimum atomic E-state index is -0.476. The van der Waals surface area contributed by atoms with Gasteiger partial charge in [0.1, 0.15) is 0 Å². The van der Waals surface area contributed by atoms with Crippen LogP contribution in [0.3, 0.4) is 0 Å². The van der Waals surface area contributed by atoms with E-state index in [2.05, 4.69) is 257 Å². The number of nitrogens with zero attached hydrogens (tertiary/aromatic N) is 1. The second-order valence-corrected chi connectivity index (χ2v) is 20.3. The van der Waals surface area contributed by atoms with Crippen molar-refractivity contribution in [2.45, 2.75) is 43.9 Å². The van der Waals surface area contributed by atoms with Gasteiger partial charge in [-0.2, -0.15) is 0 Å². The molecule has 0 atom stereocenters. The van der Waals surface area contributed by atoms with Crippen LogP contribution >= 0.6 is 0 Å². The Hall–Kier alpha value is -8.00. The van der Waals surface area contributed by atoms with Crippen molar-refractivity contribution in [2.24, 2.45) is 0 Å². The van der Waals surface area contributed by atoms with Crippen LogP contribution in [-0.4, -0.2) is 0 Å². The van der Waals surface area contributed by atoms with Gasteiger partial charge in [0.05, 0.1) is 22.5 Å². The summed E-state index contributed by atoms with van der Waals surface area (Å²) in [5.74, 6) is 0. The molecule has 4 aliphatic rings. The van der Waals surface area contributed by atoms with Gasteiger partial charge in [-0.1, -0.05) is 228 Å². The number of anilines is 3. The fourth-order valence-electron chi connectivity index (χ4n) is 13.4. The van der Waals surface area contributed by atoms with Gasteiger partial charge in [-0.15, -0.1) is 0 Å². The number of rotatable bonds is 5. The van der Waals surface area contributed by atoms with Gasteiger partial charge < -0.3 is 4.90 Å². The number of hydrogen-bond donors (Lipinski definition) is 0. The van der Waals surface area contributed by atoms with Crippen molar-refractivity contribution in [3.05, 3.63) is 269 Å². The zero-order valence-corrected chi connectivity index (χ0v) is 38.8. The average molecular weight is 868 g/mol. The van der Waals surface area contributed by atoms with Crippen LogP contribution in [-0.2, 0) is 16.2 Å². The minimum Gasteiger partial charge on any atom is -0.309 e. The van der Waals surface area contributed by atoms with Gasteiger partial charge in [0, 0.05) is 27.5 Å². The Labute approximate surface area is 399 Å². The van der Waals surface area contributed by atoms with Gasteiger partial charge in [0.25, 0.3) is 0 Å². The molecule has 10 aromatic carbocycles. The summed E-state index contributed by atoms with van der Waals surface area (Å²) < 4.78 is 0. The molecule has 4 aliphatic carbocycles. The summed E-state index contributed by atoms with van der Waals surface area (Å²) in [7, 11) is 0. The van der Waals surface area contributed by atoms with Crippen LogP contribution < -0.4 is 4.90 Å². The summed E-state index contributed by atoms with van der Waals surface area (Å²) in [5.41, 5.74) is 28.9. The lowest BCUT2D eigenvalue weighted by Gasteiger charge is -2.33.